The van der Waals surface area contributed by atoms with Gasteiger partial charge in [-0.3, -0.25) is 9.36 Å². The van der Waals surface area contributed by atoms with Crippen molar-refractivity contribution in [3.05, 3.63) is 63.0 Å². The monoisotopic (exact) mass is 439 g/mol. The second kappa shape index (κ2) is 7.64. The van der Waals surface area contributed by atoms with Crippen LogP contribution in [0.4, 0.5) is 13.2 Å². The average molecular weight is 439 g/mol. The molecule has 0 unspecified atom stereocenters. The number of alkyl halides is 3. The molecular weight excluding hydrogens is 427 g/mol. The highest BCUT2D eigenvalue weighted by Gasteiger charge is 2.30. The number of fused-ring (bicyclic) bond motifs is 1. The first-order valence-corrected chi connectivity index (χ1v) is 10.2. The van der Waals surface area contributed by atoms with Gasteiger partial charge in [-0.05, 0) is 12.1 Å². The van der Waals surface area contributed by atoms with Gasteiger partial charge < -0.3 is 4.74 Å². The Bertz CT molecular complexity index is 1120. The molecule has 0 radical (unpaired) electrons. The molecule has 6 nitrogen and oxygen atoms in total. The second-order valence-corrected chi connectivity index (χ2v) is 7.98. The van der Waals surface area contributed by atoms with Crippen molar-refractivity contribution < 1.29 is 22.7 Å². The third-order valence-electron chi connectivity index (χ3n) is 4.14. The standard InChI is InChI=1S/C18H12F3N3O3S2/c19-18(20,21)11-3-1-10(2-4-11)14-23-12(9-29-14)8-27-16(26)13-7-22-17-24(15(13)25)5-6-28-17/h1-4,7,9H,5-6,8H2. The summed E-state index contributed by atoms with van der Waals surface area (Å²) >= 11 is 2.66. The number of benzene rings is 1. The largest absolute Gasteiger partial charge is 0.455 e. The minimum absolute atomic E-state index is 0.144. The topological polar surface area (TPSA) is 74.1 Å². The molecule has 11 heteroatoms. The Labute approximate surface area is 170 Å². The molecule has 1 aliphatic heterocycles. The number of aromatic nitrogens is 3. The van der Waals surface area contributed by atoms with Crippen LogP contribution in [0.25, 0.3) is 10.6 Å². The summed E-state index contributed by atoms with van der Waals surface area (Å²) < 4.78 is 44.6. The van der Waals surface area contributed by atoms with E-state index in [9.17, 15) is 22.8 Å². The summed E-state index contributed by atoms with van der Waals surface area (Å²) in [6, 6.07) is 4.66. The molecule has 0 N–H and O–H groups in total. The van der Waals surface area contributed by atoms with Gasteiger partial charge in [0.15, 0.2) is 5.16 Å². The predicted molar refractivity (Wildman–Crippen MR) is 101 cm³/mol. The van der Waals surface area contributed by atoms with Gasteiger partial charge in [-0.1, -0.05) is 23.9 Å². The smallest absolute Gasteiger partial charge is 0.416 e. The fraction of sp³-hybridized carbons (Fsp3) is 0.222. The SMILES string of the molecule is O=C(OCc1csc(-c2ccc(C(F)(F)F)cc2)n1)c1cnc2n(c1=O)CCS2. The summed E-state index contributed by atoms with van der Waals surface area (Å²) in [5, 5.41) is 2.72. The zero-order valence-corrected chi connectivity index (χ0v) is 16.2. The Morgan fingerprint density at radius 2 is 2.00 bits per heavy atom. The van der Waals surface area contributed by atoms with E-state index in [2.05, 4.69) is 9.97 Å². The van der Waals surface area contributed by atoms with Crippen LogP contribution in [0.2, 0.25) is 0 Å². The number of thiazole rings is 1. The van der Waals surface area contributed by atoms with Gasteiger partial charge in [-0.2, -0.15) is 13.2 Å². The lowest BCUT2D eigenvalue weighted by Crippen LogP contribution is -2.27. The first kappa shape index (κ1) is 19.6. The van der Waals surface area contributed by atoms with Crippen LogP contribution >= 0.6 is 23.1 Å². The van der Waals surface area contributed by atoms with Crippen LogP contribution in [0.15, 0.2) is 45.8 Å². The molecule has 2 aromatic heterocycles. The van der Waals surface area contributed by atoms with Crippen LogP contribution < -0.4 is 5.56 Å². The minimum atomic E-state index is -4.40. The zero-order valence-electron chi connectivity index (χ0n) is 14.6. The molecular formula is C18H12F3N3O3S2. The summed E-state index contributed by atoms with van der Waals surface area (Å²) in [5.41, 5.74) is -0.357. The van der Waals surface area contributed by atoms with Crippen molar-refractivity contribution in [2.24, 2.45) is 0 Å². The average Bonchev–Trinajstić information content (AvgIpc) is 3.36. The van der Waals surface area contributed by atoms with E-state index in [0.717, 1.165) is 17.9 Å². The lowest BCUT2D eigenvalue weighted by Gasteiger charge is -2.06. The highest BCUT2D eigenvalue weighted by molar-refractivity contribution is 7.99. The number of rotatable bonds is 4. The normalized spacial score (nSPS) is 13.3. The molecule has 0 aliphatic carbocycles. The van der Waals surface area contributed by atoms with Crippen LogP contribution in [0.1, 0.15) is 21.6 Å². The Balaban J connectivity index is 1.44. The van der Waals surface area contributed by atoms with Gasteiger partial charge >= 0.3 is 12.1 Å². The molecule has 0 amide bonds. The molecule has 0 saturated heterocycles. The van der Waals surface area contributed by atoms with Gasteiger partial charge in [0, 0.05) is 23.2 Å². The Hall–Kier alpha value is -2.66. The maximum Gasteiger partial charge on any atom is 0.416 e. The van der Waals surface area contributed by atoms with Gasteiger partial charge in [0.05, 0.1) is 17.5 Å². The molecule has 29 heavy (non-hydrogen) atoms. The van der Waals surface area contributed by atoms with Crippen LogP contribution in [-0.2, 0) is 24.1 Å². The lowest BCUT2D eigenvalue weighted by atomic mass is 10.1. The van der Waals surface area contributed by atoms with E-state index in [-0.39, 0.29) is 12.2 Å². The van der Waals surface area contributed by atoms with E-state index in [4.69, 9.17) is 4.74 Å². The number of carbonyl (C=O) groups excluding carboxylic acids is 1. The van der Waals surface area contributed by atoms with Crippen LogP contribution in [0, 0.1) is 0 Å². The van der Waals surface area contributed by atoms with E-state index < -0.39 is 23.3 Å². The van der Waals surface area contributed by atoms with Crippen molar-refractivity contribution in [2.45, 2.75) is 24.5 Å². The van der Waals surface area contributed by atoms with Crippen LogP contribution in [-0.4, -0.2) is 26.3 Å². The summed E-state index contributed by atoms with van der Waals surface area (Å²) in [4.78, 5) is 32.9. The number of thioether (sulfide) groups is 1. The Kier molecular flexibility index (Phi) is 5.17. The highest BCUT2D eigenvalue weighted by atomic mass is 32.2. The number of esters is 1. The van der Waals surface area contributed by atoms with Crippen LogP contribution in [0.5, 0.6) is 0 Å². The molecule has 0 saturated carbocycles. The number of nitrogens with zero attached hydrogens (tertiary/aromatic N) is 3. The van der Waals surface area contributed by atoms with E-state index in [1.807, 2.05) is 0 Å². The summed E-state index contributed by atoms with van der Waals surface area (Å²) in [6.07, 6.45) is -3.19. The van der Waals surface area contributed by atoms with E-state index in [1.165, 1.54) is 46.0 Å². The summed E-state index contributed by atoms with van der Waals surface area (Å²) in [5.74, 6) is -0.0643. The number of carbonyl (C=O) groups is 1. The lowest BCUT2D eigenvalue weighted by molar-refractivity contribution is -0.137. The van der Waals surface area contributed by atoms with Crippen molar-refractivity contribution in [1.82, 2.24) is 14.5 Å². The highest BCUT2D eigenvalue weighted by Crippen LogP contribution is 2.31. The van der Waals surface area contributed by atoms with Crippen molar-refractivity contribution >= 4 is 29.1 Å². The third-order valence-corrected chi connectivity index (χ3v) is 6.05. The van der Waals surface area contributed by atoms with Crippen molar-refractivity contribution in [3.8, 4) is 10.6 Å². The van der Waals surface area contributed by atoms with E-state index >= 15 is 0 Å². The minimum Gasteiger partial charge on any atom is -0.455 e. The van der Waals surface area contributed by atoms with E-state index in [1.54, 1.807) is 5.38 Å². The predicted octanol–water partition coefficient (Wildman–Crippen LogP) is 3.85. The summed E-state index contributed by atoms with van der Waals surface area (Å²) in [6.45, 7) is 0.335. The molecule has 3 heterocycles. The fourth-order valence-electron chi connectivity index (χ4n) is 2.68. The van der Waals surface area contributed by atoms with E-state index in [0.29, 0.717) is 28.0 Å². The first-order chi connectivity index (χ1) is 13.8. The third kappa shape index (κ3) is 4.06. The molecule has 0 bridgehead atoms. The number of ether oxygens (including phenoxy) is 1. The zero-order chi connectivity index (χ0) is 20.6. The fourth-order valence-corrected chi connectivity index (χ4v) is 4.41. The molecule has 1 aliphatic rings. The van der Waals surface area contributed by atoms with Gasteiger partial charge in [0.1, 0.15) is 17.2 Å². The van der Waals surface area contributed by atoms with Gasteiger partial charge in [0.25, 0.3) is 5.56 Å². The molecule has 0 spiro atoms. The maximum absolute atomic E-state index is 12.7. The second-order valence-electron chi connectivity index (χ2n) is 6.05. The van der Waals surface area contributed by atoms with Crippen molar-refractivity contribution in [2.75, 3.05) is 5.75 Å². The molecule has 4 rings (SSSR count). The van der Waals surface area contributed by atoms with Crippen molar-refractivity contribution in [1.29, 1.82) is 0 Å². The number of hydrogen-bond acceptors (Lipinski definition) is 7. The Morgan fingerprint density at radius 3 is 2.72 bits per heavy atom. The van der Waals surface area contributed by atoms with Crippen LogP contribution in [0.3, 0.4) is 0 Å². The molecule has 3 aromatic rings. The molecule has 0 fully saturated rings. The first-order valence-electron chi connectivity index (χ1n) is 8.35. The molecule has 150 valence electrons. The number of halogens is 3. The molecule has 1 aromatic carbocycles. The Morgan fingerprint density at radius 1 is 1.24 bits per heavy atom. The quantitative estimate of drug-likeness (QED) is 0.454. The van der Waals surface area contributed by atoms with Gasteiger partial charge in [-0.25, -0.2) is 14.8 Å². The maximum atomic E-state index is 12.7. The van der Waals surface area contributed by atoms with Gasteiger partial charge in [-0.15, -0.1) is 11.3 Å². The summed E-state index contributed by atoms with van der Waals surface area (Å²) in [7, 11) is 0. The molecule has 0 atom stereocenters. The van der Waals surface area contributed by atoms with Gasteiger partial charge in [0.2, 0.25) is 0 Å². The number of hydrogen-bond donors (Lipinski definition) is 0. The van der Waals surface area contributed by atoms with Crippen molar-refractivity contribution in [3.63, 3.8) is 0 Å².